The lowest BCUT2D eigenvalue weighted by Gasteiger charge is -2.31. The molecule has 2 aliphatic rings. The molecule has 2 fully saturated rings. The van der Waals surface area contributed by atoms with Gasteiger partial charge in [0.1, 0.15) is 34.4 Å². The normalized spacial score (nSPS) is 17.8. The van der Waals surface area contributed by atoms with E-state index in [4.69, 9.17) is 35.8 Å². The van der Waals surface area contributed by atoms with Crippen LogP contribution >= 0.6 is 11.6 Å². The van der Waals surface area contributed by atoms with Crippen LogP contribution in [0.2, 0.25) is 5.28 Å². The molecule has 6 atom stereocenters. The quantitative estimate of drug-likeness (QED) is 0.127. The first-order valence-corrected chi connectivity index (χ1v) is 23.7. The van der Waals surface area contributed by atoms with Gasteiger partial charge in [-0.05, 0) is 130 Å². The summed E-state index contributed by atoms with van der Waals surface area (Å²) in [5.41, 5.74) is 1.21. The summed E-state index contributed by atoms with van der Waals surface area (Å²) in [5.74, 6) is 13.6. The third-order valence-electron chi connectivity index (χ3n) is 11.3. The van der Waals surface area contributed by atoms with E-state index in [1.807, 2.05) is 0 Å². The highest BCUT2D eigenvalue weighted by molar-refractivity contribution is 6.28. The van der Waals surface area contributed by atoms with Gasteiger partial charge in [-0.25, -0.2) is 19.6 Å². The van der Waals surface area contributed by atoms with Crippen LogP contribution in [0.15, 0.2) is 36.7 Å². The maximum absolute atomic E-state index is 12.8. The van der Waals surface area contributed by atoms with E-state index in [-0.39, 0.29) is 55.9 Å². The molecule has 3 N–H and O–H groups in total. The van der Waals surface area contributed by atoms with Crippen molar-refractivity contribution in [3.05, 3.63) is 58.6 Å². The maximum atomic E-state index is 12.8. The first-order valence-electron chi connectivity index (χ1n) is 23.3. The fraction of sp³-hybridized carbons (Fsp3) is 0.566. The second-order valence-corrected chi connectivity index (χ2v) is 19.5. The van der Waals surface area contributed by atoms with Crippen LogP contribution in [0.4, 0.5) is 21.2 Å². The molecule has 4 amide bonds. The van der Waals surface area contributed by atoms with Gasteiger partial charge in [0.25, 0.3) is 0 Å². The molecule has 2 heterocycles. The third-order valence-corrected chi connectivity index (χ3v) is 11.5. The van der Waals surface area contributed by atoms with Crippen LogP contribution in [-0.2, 0) is 19.1 Å². The van der Waals surface area contributed by atoms with E-state index in [1.165, 1.54) is 30.2 Å². The molecule has 0 unspecified atom stereocenters. The Kier molecular flexibility index (Phi) is 24.1. The van der Waals surface area contributed by atoms with Gasteiger partial charge >= 0.3 is 12.2 Å². The summed E-state index contributed by atoms with van der Waals surface area (Å²) < 4.78 is 21.3. The highest BCUT2D eigenvalue weighted by atomic mass is 35.5. The molecule has 0 radical (unpaired) electrons. The average molecular weight is 1020 g/mol. The number of aromatic nitrogens is 4. The van der Waals surface area contributed by atoms with Gasteiger partial charge in [0, 0.05) is 43.7 Å². The summed E-state index contributed by atoms with van der Waals surface area (Å²) in [5, 5.41) is 18.3. The van der Waals surface area contributed by atoms with Crippen LogP contribution in [-0.4, -0.2) is 117 Å². The molecule has 2 aromatic heterocycles. The van der Waals surface area contributed by atoms with Gasteiger partial charge in [-0.1, -0.05) is 51.4 Å². The van der Waals surface area contributed by atoms with Crippen molar-refractivity contribution >= 4 is 47.2 Å². The summed E-state index contributed by atoms with van der Waals surface area (Å²) in [6, 6.07) is 7.71. The highest BCUT2D eigenvalue weighted by Crippen LogP contribution is 2.27. The number of hydrogen-bond donors (Lipinski definition) is 3. The van der Waals surface area contributed by atoms with E-state index in [1.54, 1.807) is 99.9 Å². The van der Waals surface area contributed by atoms with Crippen molar-refractivity contribution in [3.8, 4) is 41.5 Å². The molecule has 5 rings (SSSR count). The van der Waals surface area contributed by atoms with Crippen molar-refractivity contribution in [2.45, 2.75) is 157 Å². The van der Waals surface area contributed by atoms with E-state index < -0.39 is 35.5 Å². The van der Waals surface area contributed by atoms with Crippen molar-refractivity contribution in [1.82, 2.24) is 40.4 Å². The molecule has 1 aromatic carbocycles. The molecule has 19 heteroatoms. The number of ether oxygens (including phenoxy) is 4. The lowest BCUT2D eigenvalue weighted by molar-refractivity contribution is -0.127. The number of nitriles is 1. The number of methoxy groups -OCH3 is 2. The molecule has 0 aliphatic heterocycles. The molecule has 392 valence electrons. The number of hydrogen-bond acceptors (Lipinski definition) is 14. The molecular weight excluding hydrogens is 940 g/mol. The van der Waals surface area contributed by atoms with Crippen molar-refractivity contribution < 1.29 is 38.1 Å². The van der Waals surface area contributed by atoms with E-state index in [0.29, 0.717) is 40.8 Å². The molecule has 18 nitrogen and oxygen atoms in total. The largest absolute Gasteiger partial charge is 0.480 e. The first-order chi connectivity index (χ1) is 33.0. The number of nitrogens with zero attached hydrogens (tertiary/aromatic N) is 7. The van der Waals surface area contributed by atoms with Gasteiger partial charge in [0.15, 0.2) is 0 Å². The molecule has 0 bridgehead atoms. The predicted molar refractivity (Wildman–Crippen MR) is 279 cm³/mol. The number of likely N-dealkylation sites (N-methyl/N-ethyl adjacent to an activating group) is 2. The summed E-state index contributed by atoms with van der Waals surface area (Å²) >= 11 is 5.79. The summed E-state index contributed by atoms with van der Waals surface area (Å²) in [7, 11) is 6.16. The van der Waals surface area contributed by atoms with Crippen LogP contribution in [0.25, 0.3) is 0 Å². The van der Waals surface area contributed by atoms with E-state index >= 15 is 0 Å². The van der Waals surface area contributed by atoms with Crippen LogP contribution in [0.3, 0.4) is 0 Å². The summed E-state index contributed by atoms with van der Waals surface area (Å²) in [4.78, 5) is 69.4. The minimum atomic E-state index is -0.663. The Hall–Kier alpha value is -6.84. The predicted octanol–water partition coefficient (Wildman–Crippen LogP) is 9.08. The monoisotopic (exact) mass is 1010 g/mol. The second kappa shape index (κ2) is 28.3. The van der Waals surface area contributed by atoms with Crippen LogP contribution in [0.1, 0.15) is 138 Å². The number of rotatable bonds is 10. The lowest BCUT2D eigenvalue weighted by Crippen LogP contribution is -2.50. The van der Waals surface area contributed by atoms with Crippen molar-refractivity contribution in [2.24, 2.45) is 11.8 Å². The van der Waals surface area contributed by atoms with Gasteiger partial charge in [0.05, 0.1) is 38.2 Å². The first kappa shape index (κ1) is 61.3. The molecule has 2 saturated carbocycles. The standard InChI is InChI=1S/C29H36N6O4.C22H31ClN4O4.2CH4/c1-19(35(5)28(37)39-29(2,3)4)25(36)32-24-9-7-8-20(16-24)10-13-22-18-31-27(34-26(22)38-6)33-23-14-11-21(17-30)12-15-23;1-14(27(5)21(29)31-22(2,3)4)18(28)25-17-9-7-8-15(12-17)10-11-16-13-24-20(23)26-19(16)30-6;;/h11-12,14-15,18-20,24H,7-9,16H2,1-6H3,(H,32,36)(H,31,33,34);13-15,17H,7-9,12H2,1-6H3,(H,25,28);2*1H4/t19-,20-,24-;14-,15-,17-;;/m00../s1. The number of benzene rings is 1. The molecule has 0 saturated heterocycles. The average Bonchev–Trinajstić information content (AvgIpc) is 3.31. The lowest BCUT2D eigenvalue weighted by atomic mass is 9.86. The smallest absolute Gasteiger partial charge is 0.410 e. The number of anilines is 2. The molecule has 72 heavy (non-hydrogen) atoms. The van der Waals surface area contributed by atoms with Gasteiger partial charge < -0.3 is 34.9 Å². The maximum Gasteiger partial charge on any atom is 0.410 e. The Labute approximate surface area is 432 Å². The number of nitrogens with one attached hydrogen (secondary N) is 3. The molecule has 0 spiro atoms. The van der Waals surface area contributed by atoms with Crippen LogP contribution in [0.5, 0.6) is 11.8 Å². The Bertz CT molecular complexity index is 2460. The zero-order valence-electron chi connectivity index (χ0n) is 42.4. The minimum absolute atomic E-state index is 0. The van der Waals surface area contributed by atoms with Gasteiger partial charge in [-0.2, -0.15) is 15.2 Å². The van der Waals surface area contributed by atoms with E-state index in [2.05, 4.69) is 65.6 Å². The van der Waals surface area contributed by atoms with E-state index in [9.17, 15) is 19.2 Å². The van der Waals surface area contributed by atoms with Gasteiger partial charge in [-0.3, -0.25) is 19.4 Å². The van der Waals surface area contributed by atoms with Crippen molar-refractivity contribution in [1.29, 1.82) is 5.26 Å². The fourth-order valence-electron chi connectivity index (χ4n) is 7.26. The summed E-state index contributed by atoms with van der Waals surface area (Å²) in [6.07, 6.45) is 9.03. The Morgan fingerprint density at radius 2 is 1.14 bits per heavy atom. The zero-order valence-corrected chi connectivity index (χ0v) is 43.1. The van der Waals surface area contributed by atoms with E-state index in [0.717, 1.165) is 50.6 Å². The summed E-state index contributed by atoms with van der Waals surface area (Å²) in [6.45, 7) is 14.1. The second-order valence-electron chi connectivity index (χ2n) is 19.2. The Morgan fingerprint density at radius 3 is 1.56 bits per heavy atom. The zero-order chi connectivity index (χ0) is 51.8. The Balaban J connectivity index is 0.000000492. The Morgan fingerprint density at radius 1 is 0.708 bits per heavy atom. The van der Waals surface area contributed by atoms with Gasteiger partial charge in [-0.15, -0.1) is 0 Å². The fourth-order valence-corrected chi connectivity index (χ4v) is 7.38. The molecular formula is C53H75ClN10O8. The number of halogens is 1. The SMILES string of the molecule is C.C.COc1nc(Cl)ncc1C#C[C@@H]1CCC[C@H](NC(=O)[C@H](C)N(C)C(=O)OC(C)(C)C)C1.COc1nc(Nc2ccc(C#N)cc2)ncc1C#C[C@@H]1CCC[C@H](NC(=O)[C@H](C)N(C)C(=O)OC(C)(C)C)C1. The minimum Gasteiger partial charge on any atom is -0.480 e. The molecule has 3 aromatic rings. The number of amides is 4. The van der Waals surface area contributed by atoms with Crippen molar-refractivity contribution in [3.63, 3.8) is 0 Å². The van der Waals surface area contributed by atoms with Crippen LogP contribution in [0, 0.1) is 46.8 Å². The highest BCUT2D eigenvalue weighted by Gasteiger charge is 2.31. The topological polar surface area (TPSA) is 223 Å². The molecule has 2 aliphatic carbocycles. The van der Waals surface area contributed by atoms with Crippen molar-refractivity contribution in [2.75, 3.05) is 33.6 Å². The van der Waals surface area contributed by atoms with Gasteiger partial charge in [0.2, 0.25) is 34.8 Å². The van der Waals surface area contributed by atoms with Crippen LogP contribution < -0.4 is 25.4 Å². The number of carbonyl (C=O) groups excluding carboxylic acids is 4. The number of carbonyl (C=O) groups is 4. The third kappa shape index (κ3) is 19.7.